The summed E-state index contributed by atoms with van der Waals surface area (Å²) in [6.45, 7) is 2.52. The maximum atomic E-state index is 12.6. The molecule has 1 aliphatic heterocycles. The van der Waals surface area contributed by atoms with Crippen LogP contribution in [-0.2, 0) is 9.59 Å². The predicted molar refractivity (Wildman–Crippen MR) is 101 cm³/mol. The molecule has 1 N–H and O–H groups in total. The van der Waals surface area contributed by atoms with E-state index in [0.717, 1.165) is 14.5 Å². The molecule has 0 bridgehead atoms. The number of pyridine rings is 1. The SMILES string of the molecule is C[C@@H](Oc1ccc2c(I)ccnc2c1)C(=O)N1CCCC(C(=O)O)C1. The predicted octanol–water partition coefficient (Wildman–Crippen LogP) is 2.93. The van der Waals surface area contributed by atoms with E-state index >= 15 is 0 Å². The number of carboxylic acids is 1. The van der Waals surface area contributed by atoms with Crippen molar-refractivity contribution < 1.29 is 19.4 Å². The third-order valence-corrected chi connectivity index (χ3v) is 5.34. The van der Waals surface area contributed by atoms with E-state index in [0.29, 0.717) is 25.1 Å². The van der Waals surface area contributed by atoms with Crippen LogP contribution in [0.25, 0.3) is 10.9 Å². The van der Waals surface area contributed by atoms with Gasteiger partial charge in [0.05, 0.1) is 11.4 Å². The van der Waals surface area contributed by atoms with Crippen LogP contribution in [-0.4, -0.2) is 46.1 Å². The Balaban J connectivity index is 1.70. The first kappa shape index (κ1) is 17.9. The Bertz CT molecular complexity index is 811. The molecule has 0 saturated carbocycles. The number of carboxylic acid groups (broad SMARTS) is 1. The minimum absolute atomic E-state index is 0.179. The van der Waals surface area contributed by atoms with Crippen molar-refractivity contribution in [2.75, 3.05) is 13.1 Å². The minimum atomic E-state index is -0.846. The molecule has 3 rings (SSSR count). The number of aliphatic carboxylic acids is 1. The zero-order chi connectivity index (χ0) is 18.0. The monoisotopic (exact) mass is 454 g/mol. The van der Waals surface area contributed by atoms with Crippen molar-refractivity contribution in [3.8, 4) is 5.75 Å². The van der Waals surface area contributed by atoms with Crippen molar-refractivity contribution >= 4 is 45.4 Å². The average molecular weight is 454 g/mol. The van der Waals surface area contributed by atoms with Crippen molar-refractivity contribution in [3.63, 3.8) is 0 Å². The van der Waals surface area contributed by atoms with E-state index in [-0.39, 0.29) is 12.5 Å². The molecule has 0 spiro atoms. The van der Waals surface area contributed by atoms with E-state index in [2.05, 4.69) is 27.6 Å². The number of fused-ring (bicyclic) bond motifs is 1. The molecule has 0 aliphatic carbocycles. The first-order chi connectivity index (χ1) is 12.0. The molecule has 6 nitrogen and oxygen atoms in total. The van der Waals surface area contributed by atoms with Crippen LogP contribution in [0.2, 0.25) is 0 Å². The maximum Gasteiger partial charge on any atom is 0.308 e. The first-order valence-corrected chi connectivity index (χ1v) is 9.26. The zero-order valence-corrected chi connectivity index (χ0v) is 16.0. The lowest BCUT2D eigenvalue weighted by molar-refractivity contribution is -0.147. The van der Waals surface area contributed by atoms with Crippen LogP contribution < -0.4 is 4.74 Å². The van der Waals surface area contributed by atoms with Gasteiger partial charge in [0.15, 0.2) is 6.10 Å². The topological polar surface area (TPSA) is 79.7 Å². The number of amides is 1. The molecule has 1 amide bonds. The fraction of sp³-hybridized carbons (Fsp3) is 0.389. The maximum absolute atomic E-state index is 12.6. The molecule has 0 radical (unpaired) electrons. The van der Waals surface area contributed by atoms with E-state index in [1.807, 2.05) is 24.3 Å². The number of carbonyl (C=O) groups excluding carboxylic acids is 1. The molecule has 1 aromatic carbocycles. The van der Waals surface area contributed by atoms with Gasteiger partial charge in [0.1, 0.15) is 5.75 Å². The summed E-state index contributed by atoms with van der Waals surface area (Å²) in [5, 5.41) is 10.2. The van der Waals surface area contributed by atoms with Crippen LogP contribution in [0, 0.1) is 9.49 Å². The average Bonchev–Trinajstić information content (AvgIpc) is 2.61. The number of hydrogen-bond acceptors (Lipinski definition) is 4. The third kappa shape index (κ3) is 4.02. The van der Waals surface area contributed by atoms with Crippen LogP contribution in [0.1, 0.15) is 19.8 Å². The number of hydrogen-bond donors (Lipinski definition) is 1. The van der Waals surface area contributed by atoms with E-state index < -0.39 is 18.0 Å². The number of ether oxygens (including phenoxy) is 1. The quantitative estimate of drug-likeness (QED) is 0.719. The molecule has 1 aliphatic rings. The Morgan fingerprint density at radius 2 is 2.20 bits per heavy atom. The van der Waals surface area contributed by atoms with Crippen molar-refractivity contribution in [2.24, 2.45) is 5.92 Å². The summed E-state index contributed by atoms with van der Waals surface area (Å²) < 4.78 is 6.90. The lowest BCUT2D eigenvalue weighted by Gasteiger charge is -2.32. The van der Waals surface area contributed by atoms with Crippen LogP contribution in [0.15, 0.2) is 30.5 Å². The Morgan fingerprint density at radius 1 is 1.40 bits per heavy atom. The first-order valence-electron chi connectivity index (χ1n) is 8.18. The Hall–Kier alpha value is -1.90. The van der Waals surface area contributed by atoms with Gasteiger partial charge in [-0.15, -0.1) is 0 Å². The van der Waals surface area contributed by atoms with Gasteiger partial charge in [-0.2, -0.15) is 0 Å². The Kier molecular flexibility index (Phi) is 5.41. The molecule has 132 valence electrons. The summed E-state index contributed by atoms with van der Waals surface area (Å²) in [5.74, 6) is -0.936. The molecule has 1 unspecified atom stereocenters. The van der Waals surface area contributed by atoms with Gasteiger partial charge in [-0.05, 0) is 60.6 Å². The summed E-state index contributed by atoms with van der Waals surface area (Å²) in [7, 11) is 0. The molecule has 1 saturated heterocycles. The number of carbonyl (C=O) groups is 2. The Labute approximate surface area is 159 Å². The molecule has 1 aromatic heterocycles. The normalized spacial score (nSPS) is 18.8. The van der Waals surface area contributed by atoms with Crippen LogP contribution in [0.4, 0.5) is 0 Å². The summed E-state index contributed by atoms with van der Waals surface area (Å²) in [6.07, 6.45) is 2.38. The number of nitrogens with zero attached hydrogens (tertiary/aromatic N) is 2. The minimum Gasteiger partial charge on any atom is -0.481 e. The highest BCUT2D eigenvalue weighted by Crippen LogP contribution is 2.24. The number of rotatable bonds is 4. The van der Waals surface area contributed by atoms with E-state index in [4.69, 9.17) is 9.84 Å². The fourth-order valence-corrected chi connectivity index (χ4v) is 3.67. The largest absolute Gasteiger partial charge is 0.481 e. The highest BCUT2D eigenvalue weighted by molar-refractivity contribution is 14.1. The standard InChI is InChI=1S/C18H19IN2O4/c1-11(17(22)21-8-2-3-12(10-21)18(23)24)25-13-4-5-14-15(19)6-7-20-16(14)9-13/h4-7,9,11-12H,2-3,8,10H2,1H3,(H,23,24)/t11-,12?/m1/s1. The molecule has 7 heteroatoms. The molecule has 1 fully saturated rings. The molecule has 2 heterocycles. The lowest BCUT2D eigenvalue weighted by atomic mass is 9.98. The second-order valence-electron chi connectivity index (χ2n) is 6.19. The van der Waals surface area contributed by atoms with Gasteiger partial charge in [0.2, 0.25) is 0 Å². The van der Waals surface area contributed by atoms with Gasteiger partial charge in [-0.1, -0.05) is 0 Å². The third-order valence-electron chi connectivity index (χ3n) is 4.40. The van der Waals surface area contributed by atoms with Crippen molar-refractivity contribution in [2.45, 2.75) is 25.9 Å². The lowest BCUT2D eigenvalue weighted by Crippen LogP contribution is -2.47. The summed E-state index contributed by atoms with van der Waals surface area (Å²) in [6, 6.07) is 7.51. The van der Waals surface area contributed by atoms with Crippen molar-refractivity contribution in [3.05, 3.63) is 34.0 Å². The smallest absolute Gasteiger partial charge is 0.308 e. The molecule has 2 atom stereocenters. The van der Waals surface area contributed by atoms with Crippen LogP contribution in [0.3, 0.4) is 0 Å². The number of aromatic nitrogens is 1. The van der Waals surface area contributed by atoms with Crippen LogP contribution in [0.5, 0.6) is 5.75 Å². The number of halogens is 1. The van der Waals surface area contributed by atoms with Gasteiger partial charge >= 0.3 is 5.97 Å². The van der Waals surface area contributed by atoms with Gasteiger partial charge in [0, 0.05) is 34.3 Å². The van der Waals surface area contributed by atoms with Crippen molar-refractivity contribution in [1.82, 2.24) is 9.88 Å². The zero-order valence-electron chi connectivity index (χ0n) is 13.8. The van der Waals surface area contributed by atoms with E-state index in [9.17, 15) is 9.59 Å². The van der Waals surface area contributed by atoms with Gasteiger partial charge in [0.25, 0.3) is 5.91 Å². The fourth-order valence-electron chi connectivity index (χ4n) is 3.06. The number of piperidine rings is 1. The summed E-state index contributed by atoms with van der Waals surface area (Å²) in [5.41, 5.74) is 0.813. The highest BCUT2D eigenvalue weighted by atomic mass is 127. The van der Waals surface area contributed by atoms with Gasteiger partial charge in [-0.25, -0.2) is 0 Å². The van der Waals surface area contributed by atoms with Crippen LogP contribution >= 0.6 is 22.6 Å². The number of benzene rings is 1. The van der Waals surface area contributed by atoms with E-state index in [1.165, 1.54) is 0 Å². The number of likely N-dealkylation sites (tertiary alicyclic amines) is 1. The highest BCUT2D eigenvalue weighted by Gasteiger charge is 2.30. The van der Waals surface area contributed by atoms with Crippen molar-refractivity contribution in [1.29, 1.82) is 0 Å². The molecular formula is C18H19IN2O4. The van der Waals surface area contributed by atoms with Gasteiger partial charge in [-0.3, -0.25) is 14.6 Å². The van der Waals surface area contributed by atoms with E-state index in [1.54, 1.807) is 18.0 Å². The molecule has 25 heavy (non-hydrogen) atoms. The summed E-state index contributed by atoms with van der Waals surface area (Å²) in [4.78, 5) is 29.7. The Morgan fingerprint density at radius 3 is 2.96 bits per heavy atom. The second-order valence-corrected chi connectivity index (χ2v) is 7.36. The molecular weight excluding hydrogens is 435 g/mol. The molecule has 2 aromatic rings. The second kappa shape index (κ2) is 7.55. The summed E-state index contributed by atoms with van der Waals surface area (Å²) >= 11 is 2.25. The van der Waals surface area contributed by atoms with Gasteiger partial charge < -0.3 is 14.7 Å².